The summed E-state index contributed by atoms with van der Waals surface area (Å²) in [6, 6.07) is 5.99. The van der Waals surface area contributed by atoms with Gasteiger partial charge in [0.2, 0.25) is 10.0 Å². The van der Waals surface area contributed by atoms with Crippen molar-refractivity contribution in [2.24, 2.45) is 5.41 Å². The molecule has 22 heavy (non-hydrogen) atoms. The molecule has 0 radical (unpaired) electrons. The molecule has 0 unspecified atom stereocenters. The summed E-state index contributed by atoms with van der Waals surface area (Å²) in [6.07, 6.45) is 2.05. The number of nitrogens with zero attached hydrogens (tertiary/aromatic N) is 1. The molecule has 122 valence electrons. The molecule has 0 aliphatic carbocycles. The van der Waals surface area contributed by atoms with Gasteiger partial charge < -0.3 is 5.11 Å². The molecule has 0 amide bonds. The first-order valence-electron chi connectivity index (χ1n) is 7.14. The zero-order chi connectivity index (χ0) is 16.8. The van der Waals surface area contributed by atoms with Gasteiger partial charge in [-0.1, -0.05) is 25.4 Å². The van der Waals surface area contributed by atoms with Gasteiger partial charge in [0.15, 0.2) is 0 Å². The van der Waals surface area contributed by atoms with Crippen molar-refractivity contribution < 1.29 is 13.5 Å². The van der Waals surface area contributed by atoms with E-state index in [9.17, 15) is 13.5 Å². The monoisotopic (exact) mass is 344 g/mol. The van der Waals surface area contributed by atoms with Crippen LogP contribution in [0.5, 0.6) is 0 Å². The summed E-state index contributed by atoms with van der Waals surface area (Å²) in [4.78, 5) is -0.0433. The van der Waals surface area contributed by atoms with Crippen LogP contribution in [-0.2, 0) is 10.0 Å². The summed E-state index contributed by atoms with van der Waals surface area (Å²) in [5.41, 5.74) is 0.0293. The van der Waals surface area contributed by atoms with Crippen molar-refractivity contribution in [2.45, 2.75) is 38.0 Å². The first-order chi connectivity index (χ1) is 10.3. The Hall–Kier alpha value is -1.13. The number of halogens is 1. The van der Waals surface area contributed by atoms with Crippen LogP contribution in [0.1, 0.15) is 38.7 Å². The highest BCUT2D eigenvalue weighted by atomic mass is 35.5. The first-order valence-corrected chi connectivity index (χ1v) is 9.00. The molecular weight excluding hydrogens is 324 g/mol. The molecule has 0 heterocycles. The van der Waals surface area contributed by atoms with Gasteiger partial charge in [-0.3, -0.25) is 0 Å². The zero-order valence-electron chi connectivity index (χ0n) is 12.8. The molecular formula is C15H21ClN2O3S. The van der Waals surface area contributed by atoms with Gasteiger partial charge in [-0.2, -0.15) is 5.26 Å². The average molecular weight is 345 g/mol. The van der Waals surface area contributed by atoms with Gasteiger partial charge in [-0.05, 0) is 42.9 Å². The number of sulfonamides is 1. The normalized spacial score (nSPS) is 12.1. The third-order valence-corrected chi connectivity index (χ3v) is 6.01. The van der Waals surface area contributed by atoms with Crippen molar-refractivity contribution in [1.29, 1.82) is 5.26 Å². The van der Waals surface area contributed by atoms with Crippen LogP contribution < -0.4 is 4.72 Å². The van der Waals surface area contributed by atoms with Gasteiger partial charge in [0.25, 0.3) is 0 Å². The third-order valence-electron chi connectivity index (χ3n) is 4.13. The highest BCUT2D eigenvalue weighted by molar-refractivity contribution is 7.89. The molecule has 2 N–H and O–H groups in total. The van der Waals surface area contributed by atoms with Gasteiger partial charge in [0, 0.05) is 13.2 Å². The SMILES string of the molecule is CCC(CC)(CCO)CNS(=O)(=O)c1ccc(C#N)cc1Cl. The van der Waals surface area contributed by atoms with E-state index in [4.69, 9.17) is 16.9 Å². The standard InChI is InChI=1S/C15H21ClN2O3S/c1-3-15(4-2,7-8-19)11-18-22(20,21)14-6-5-12(10-17)9-13(14)16/h5-6,9,18-19H,3-4,7-8,11H2,1-2H3. The second kappa shape index (κ2) is 7.93. The Kier molecular flexibility index (Phi) is 6.82. The fourth-order valence-corrected chi connectivity index (χ4v) is 3.99. The van der Waals surface area contributed by atoms with Gasteiger partial charge in [0.1, 0.15) is 4.90 Å². The number of hydrogen-bond donors (Lipinski definition) is 2. The number of aliphatic hydroxyl groups excluding tert-OH is 1. The van der Waals surface area contributed by atoms with E-state index in [-0.39, 0.29) is 28.5 Å². The summed E-state index contributed by atoms with van der Waals surface area (Å²) in [6.45, 7) is 4.20. The average Bonchev–Trinajstić information content (AvgIpc) is 2.51. The van der Waals surface area contributed by atoms with Gasteiger partial charge in [0.05, 0.1) is 16.7 Å². The lowest BCUT2D eigenvalue weighted by Gasteiger charge is -2.31. The Balaban J connectivity index is 2.99. The smallest absolute Gasteiger partial charge is 0.242 e. The summed E-state index contributed by atoms with van der Waals surface area (Å²) in [5, 5.41) is 18.0. The van der Waals surface area contributed by atoms with Crippen molar-refractivity contribution in [3.63, 3.8) is 0 Å². The maximum absolute atomic E-state index is 12.4. The van der Waals surface area contributed by atoms with Gasteiger partial charge in [-0.25, -0.2) is 13.1 Å². The largest absolute Gasteiger partial charge is 0.396 e. The van der Waals surface area contributed by atoms with E-state index in [1.807, 2.05) is 19.9 Å². The minimum Gasteiger partial charge on any atom is -0.396 e. The van der Waals surface area contributed by atoms with E-state index in [2.05, 4.69) is 4.72 Å². The second-order valence-electron chi connectivity index (χ2n) is 5.26. The van der Waals surface area contributed by atoms with Crippen molar-refractivity contribution in [3.05, 3.63) is 28.8 Å². The third kappa shape index (κ3) is 4.43. The maximum atomic E-state index is 12.4. The number of benzene rings is 1. The second-order valence-corrected chi connectivity index (χ2v) is 7.40. The molecule has 0 atom stereocenters. The summed E-state index contributed by atoms with van der Waals surface area (Å²) < 4.78 is 27.4. The molecule has 0 spiro atoms. The predicted molar refractivity (Wildman–Crippen MR) is 86.1 cm³/mol. The number of nitriles is 1. The summed E-state index contributed by atoms with van der Waals surface area (Å²) >= 11 is 5.96. The Morgan fingerprint density at radius 3 is 2.45 bits per heavy atom. The molecule has 1 rings (SSSR count). The lowest BCUT2D eigenvalue weighted by Crippen LogP contribution is -2.37. The Morgan fingerprint density at radius 1 is 1.36 bits per heavy atom. The summed E-state index contributed by atoms with van der Waals surface area (Å²) in [7, 11) is -3.76. The van der Waals surface area contributed by atoms with Gasteiger partial charge in [-0.15, -0.1) is 0 Å². The lowest BCUT2D eigenvalue weighted by molar-refractivity contribution is 0.170. The van der Waals surface area contributed by atoms with E-state index < -0.39 is 10.0 Å². The molecule has 0 fully saturated rings. The minimum atomic E-state index is -3.76. The van der Waals surface area contributed by atoms with Crippen LogP contribution in [-0.4, -0.2) is 26.7 Å². The van der Waals surface area contributed by atoms with Crippen LogP contribution in [0.4, 0.5) is 0 Å². The molecule has 1 aromatic rings. The van der Waals surface area contributed by atoms with Gasteiger partial charge >= 0.3 is 0 Å². The van der Waals surface area contributed by atoms with E-state index >= 15 is 0 Å². The fourth-order valence-electron chi connectivity index (χ4n) is 2.29. The number of aliphatic hydroxyl groups is 1. The molecule has 0 aromatic heterocycles. The molecule has 0 bridgehead atoms. The van der Waals surface area contributed by atoms with E-state index in [1.54, 1.807) is 0 Å². The molecule has 0 saturated heterocycles. The van der Waals surface area contributed by atoms with E-state index in [1.165, 1.54) is 18.2 Å². The Morgan fingerprint density at radius 2 is 2.00 bits per heavy atom. The van der Waals surface area contributed by atoms with Crippen molar-refractivity contribution in [1.82, 2.24) is 4.72 Å². The Bertz CT molecular complexity index is 649. The first kappa shape index (κ1) is 18.9. The molecule has 0 saturated carbocycles. The Labute approximate surface area is 137 Å². The molecule has 0 aliphatic heterocycles. The number of rotatable bonds is 8. The number of hydrogen-bond acceptors (Lipinski definition) is 4. The van der Waals surface area contributed by atoms with Crippen molar-refractivity contribution in [3.8, 4) is 6.07 Å². The van der Waals surface area contributed by atoms with Crippen LogP contribution in [0.2, 0.25) is 5.02 Å². The molecule has 7 heteroatoms. The summed E-state index contributed by atoms with van der Waals surface area (Å²) in [5.74, 6) is 0. The van der Waals surface area contributed by atoms with E-state index in [0.29, 0.717) is 12.0 Å². The van der Waals surface area contributed by atoms with Crippen molar-refractivity contribution in [2.75, 3.05) is 13.2 Å². The maximum Gasteiger partial charge on any atom is 0.242 e. The van der Waals surface area contributed by atoms with E-state index in [0.717, 1.165) is 12.8 Å². The van der Waals surface area contributed by atoms with Crippen LogP contribution in [0, 0.1) is 16.7 Å². The zero-order valence-corrected chi connectivity index (χ0v) is 14.3. The van der Waals surface area contributed by atoms with Crippen molar-refractivity contribution >= 4 is 21.6 Å². The minimum absolute atomic E-state index is 0.0149. The lowest BCUT2D eigenvalue weighted by atomic mass is 9.80. The van der Waals surface area contributed by atoms with Crippen LogP contribution in [0.15, 0.2) is 23.1 Å². The quantitative estimate of drug-likeness (QED) is 0.758. The van der Waals surface area contributed by atoms with Crippen LogP contribution >= 0.6 is 11.6 Å². The highest BCUT2D eigenvalue weighted by Crippen LogP contribution is 2.30. The van der Waals surface area contributed by atoms with Crippen LogP contribution in [0.25, 0.3) is 0 Å². The topological polar surface area (TPSA) is 90.2 Å². The van der Waals surface area contributed by atoms with Crippen LogP contribution in [0.3, 0.4) is 0 Å². The fraction of sp³-hybridized carbons (Fsp3) is 0.533. The predicted octanol–water partition coefficient (Wildman–Crippen LogP) is 2.68. The highest BCUT2D eigenvalue weighted by Gasteiger charge is 2.28. The number of nitrogens with one attached hydrogen (secondary N) is 1. The molecule has 5 nitrogen and oxygen atoms in total. The molecule has 0 aliphatic rings. The molecule has 1 aromatic carbocycles.